The zero-order chi connectivity index (χ0) is 23.9. The Hall–Kier alpha value is -2.67. The molecular weight excluding hydrogens is 438 g/mol. The van der Waals surface area contributed by atoms with Gasteiger partial charge in [-0.2, -0.15) is 12.6 Å². The van der Waals surface area contributed by atoms with Gasteiger partial charge in [-0.05, 0) is 31.7 Å². The Labute approximate surface area is 191 Å². The van der Waals surface area contributed by atoms with Crippen LogP contribution in [0.1, 0.15) is 37.0 Å². The fourth-order valence-electron chi connectivity index (χ4n) is 3.17. The summed E-state index contributed by atoms with van der Waals surface area (Å²) in [5, 5.41) is 20.0. The number of carboxylic acids is 1. The van der Waals surface area contributed by atoms with Crippen molar-refractivity contribution in [2.45, 2.75) is 50.7 Å². The number of hydrogen-bond donors (Lipinski definition) is 7. The van der Waals surface area contributed by atoms with E-state index in [0.29, 0.717) is 12.2 Å². The van der Waals surface area contributed by atoms with Crippen molar-refractivity contribution < 1.29 is 29.0 Å². The average Bonchev–Trinajstić information content (AvgIpc) is 2.72. The van der Waals surface area contributed by atoms with E-state index >= 15 is 0 Å². The van der Waals surface area contributed by atoms with Crippen LogP contribution in [0.15, 0.2) is 24.3 Å². The van der Waals surface area contributed by atoms with Crippen molar-refractivity contribution in [3.63, 3.8) is 0 Å². The highest BCUT2D eigenvalue weighted by atomic mass is 32.1. The number of carbonyl (C=O) groups excluding carboxylic acids is 3. The number of carbonyl (C=O) groups is 4. The molecule has 12 heteroatoms. The Bertz CT molecular complexity index is 869. The molecule has 11 nitrogen and oxygen atoms in total. The van der Waals surface area contributed by atoms with Crippen LogP contribution in [-0.4, -0.2) is 65.1 Å². The largest absolute Gasteiger partial charge is 0.481 e. The molecule has 176 valence electrons. The smallest absolute Gasteiger partial charge is 0.305 e. The Morgan fingerprint density at radius 1 is 1.22 bits per heavy atom. The standard InChI is InChI=1S/C20H29N5O6S/c1-11-17(28)23-13-6-4-3-5-12(13)18(29)24-14(7-8-32)31-15(10-21)25-20(2,9-16(26)27)19(30)22-11/h3-6,11,14-15,25,32H,7-10,21H2,1-2H3,(H,22,30)(H,23,28)(H,24,29)(H,26,27). The lowest BCUT2D eigenvalue weighted by Crippen LogP contribution is -2.63. The molecule has 7 N–H and O–H groups in total. The van der Waals surface area contributed by atoms with E-state index in [1.54, 1.807) is 24.3 Å². The minimum absolute atomic E-state index is 0.117. The van der Waals surface area contributed by atoms with E-state index < -0.39 is 54.1 Å². The predicted octanol–water partition coefficient (Wildman–Crippen LogP) is -0.356. The minimum Gasteiger partial charge on any atom is -0.481 e. The zero-order valence-corrected chi connectivity index (χ0v) is 18.8. The molecule has 4 unspecified atom stereocenters. The number of rotatable bonds is 5. The third-order valence-corrected chi connectivity index (χ3v) is 5.14. The van der Waals surface area contributed by atoms with Crippen LogP contribution < -0.4 is 27.0 Å². The van der Waals surface area contributed by atoms with Crippen LogP contribution in [-0.2, 0) is 19.1 Å². The summed E-state index contributed by atoms with van der Waals surface area (Å²) in [6.07, 6.45) is -2.11. The van der Waals surface area contributed by atoms with Crippen LogP contribution in [0.2, 0.25) is 0 Å². The van der Waals surface area contributed by atoms with Crippen LogP contribution in [0.25, 0.3) is 0 Å². The molecule has 1 heterocycles. The molecule has 0 radical (unpaired) electrons. The molecule has 0 bridgehead atoms. The van der Waals surface area contributed by atoms with E-state index in [1.807, 2.05) is 0 Å². The second-order valence-corrected chi connectivity index (χ2v) is 8.06. The van der Waals surface area contributed by atoms with Gasteiger partial charge in [0.2, 0.25) is 11.8 Å². The molecular formula is C20H29N5O6S. The number of thiol groups is 1. The fraction of sp³-hybridized carbons (Fsp3) is 0.500. The molecule has 4 atom stereocenters. The van der Waals surface area contributed by atoms with Crippen LogP contribution in [0.4, 0.5) is 5.69 Å². The first-order chi connectivity index (χ1) is 15.1. The molecule has 3 amide bonds. The minimum atomic E-state index is -1.65. The summed E-state index contributed by atoms with van der Waals surface area (Å²) in [6, 6.07) is 5.37. The molecule has 1 aliphatic rings. The van der Waals surface area contributed by atoms with Crippen molar-refractivity contribution in [1.29, 1.82) is 0 Å². The number of aliphatic carboxylic acids is 1. The van der Waals surface area contributed by atoms with Gasteiger partial charge in [-0.1, -0.05) is 12.1 Å². The third-order valence-electron chi connectivity index (χ3n) is 4.88. The lowest BCUT2D eigenvalue weighted by molar-refractivity contribution is -0.145. The lowest BCUT2D eigenvalue weighted by atomic mass is 9.95. The number of fused-ring (bicyclic) bond motifs is 1. The Morgan fingerprint density at radius 2 is 1.91 bits per heavy atom. The first-order valence-corrected chi connectivity index (χ1v) is 10.7. The van der Waals surface area contributed by atoms with Gasteiger partial charge in [-0.15, -0.1) is 0 Å². The molecule has 32 heavy (non-hydrogen) atoms. The SMILES string of the molecule is CC1NC(=O)C(C)(CC(=O)O)NC(CN)OC(CCS)NC(=O)c2ccccc2NC1=O. The zero-order valence-electron chi connectivity index (χ0n) is 17.9. The normalized spacial score (nSPS) is 27.4. The molecule has 1 aliphatic heterocycles. The van der Waals surface area contributed by atoms with Crippen molar-refractivity contribution >= 4 is 42.0 Å². The molecule has 0 aliphatic carbocycles. The molecule has 0 saturated heterocycles. The third kappa shape index (κ3) is 6.66. The second-order valence-electron chi connectivity index (χ2n) is 7.61. The molecule has 0 fully saturated rings. The van der Waals surface area contributed by atoms with Crippen molar-refractivity contribution in [2.24, 2.45) is 5.73 Å². The highest BCUT2D eigenvalue weighted by molar-refractivity contribution is 7.80. The van der Waals surface area contributed by atoms with Crippen LogP contribution in [0, 0.1) is 0 Å². The number of carboxylic acid groups (broad SMARTS) is 1. The van der Waals surface area contributed by atoms with E-state index in [0.717, 1.165) is 0 Å². The summed E-state index contributed by atoms with van der Waals surface area (Å²) >= 11 is 4.19. The number of ether oxygens (including phenoxy) is 1. The van der Waals surface area contributed by atoms with E-state index in [-0.39, 0.29) is 17.8 Å². The average molecular weight is 468 g/mol. The number of hydrogen-bond acceptors (Lipinski definition) is 8. The number of nitrogens with one attached hydrogen (secondary N) is 4. The maximum Gasteiger partial charge on any atom is 0.305 e. The number of para-hydroxylation sites is 1. The van der Waals surface area contributed by atoms with Crippen molar-refractivity contribution in [1.82, 2.24) is 16.0 Å². The van der Waals surface area contributed by atoms with E-state index in [2.05, 4.69) is 33.9 Å². The maximum absolute atomic E-state index is 13.0. The lowest BCUT2D eigenvalue weighted by Gasteiger charge is -2.35. The summed E-state index contributed by atoms with van der Waals surface area (Å²) in [4.78, 5) is 50.0. The second kappa shape index (κ2) is 11.3. The van der Waals surface area contributed by atoms with Crippen molar-refractivity contribution in [2.75, 3.05) is 17.6 Å². The summed E-state index contributed by atoms with van der Waals surface area (Å²) in [6.45, 7) is 2.71. The van der Waals surface area contributed by atoms with E-state index in [4.69, 9.17) is 10.5 Å². The summed E-state index contributed by atoms with van der Waals surface area (Å²) < 4.78 is 5.87. The van der Waals surface area contributed by atoms with Crippen molar-refractivity contribution in [3.05, 3.63) is 29.8 Å². The summed E-state index contributed by atoms with van der Waals surface area (Å²) in [5.74, 6) is -2.66. The summed E-state index contributed by atoms with van der Waals surface area (Å²) in [5.41, 5.74) is 4.60. The number of anilines is 1. The quantitative estimate of drug-likeness (QED) is 0.288. The topological polar surface area (TPSA) is 172 Å². The van der Waals surface area contributed by atoms with Gasteiger partial charge >= 0.3 is 5.97 Å². The first kappa shape index (κ1) is 25.6. The summed E-state index contributed by atoms with van der Waals surface area (Å²) in [7, 11) is 0. The molecule has 0 spiro atoms. The number of benzene rings is 1. The van der Waals surface area contributed by atoms with Crippen LogP contribution in [0.3, 0.4) is 0 Å². The van der Waals surface area contributed by atoms with Crippen LogP contribution >= 0.6 is 12.6 Å². The van der Waals surface area contributed by atoms with Gasteiger partial charge in [0.25, 0.3) is 5.91 Å². The van der Waals surface area contributed by atoms with Crippen molar-refractivity contribution in [3.8, 4) is 0 Å². The van der Waals surface area contributed by atoms with Gasteiger partial charge in [0, 0.05) is 13.0 Å². The molecule has 0 saturated carbocycles. The van der Waals surface area contributed by atoms with Gasteiger partial charge in [0.05, 0.1) is 17.7 Å². The monoisotopic (exact) mass is 467 g/mol. The Morgan fingerprint density at radius 3 is 2.53 bits per heavy atom. The highest BCUT2D eigenvalue weighted by Crippen LogP contribution is 2.18. The predicted molar refractivity (Wildman–Crippen MR) is 120 cm³/mol. The highest BCUT2D eigenvalue weighted by Gasteiger charge is 2.39. The van der Waals surface area contributed by atoms with Gasteiger partial charge < -0.3 is 31.5 Å². The van der Waals surface area contributed by atoms with Gasteiger partial charge in [0.1, 0.15) is 24.0 Å². The van der Waals surface area contributed by atoms with Gasteiger partial charge in [0.15, 0.2) is 0 Å². The molecule has 2 rings (SSSR count). The number of amides is 3. The van der Waals surface area contributed by atoms with Crippen LogP contribution in [0.5, 0.6) is 0 Å². The van der Waals surface area contributed by atoms with E-state index in [1.165, 1.54) is 13.8 Å². The van der Waals surface area contributed by atoms with Gasteiger partial charge in [-0.3, -0.25) is 24.5 Å². The van der Waals surface area contributed by atoms with Gasteiger partial charge in [-0.25, -0.2) is 0 Å². The maximum atomic E-state index is 13.0. The molecule has 1 aromatic carbocycles. The Kier molecular flexibility index (Phi) is 9.01. The molecule has 0 aromatic heterocycles. The number of nitrogens with two attached hydrogens (primary N) is 1. The fourth-order valence-corrected chi connectivity index (χ4v) is 3.40. The first-order valence-electron chi connectivity index (χ1n) is 10.1. The Balaban J connectivity index is 2.48. The van der Waals surface area contributed by atoms with E-state index in [9.17, 15) is 24.3 Å². The molecule has 1 aromatic rings.